The van der Waals surface area contributed by atoms with Crippen molar-refractivity contribution >= 4 is 0 Å². The van der Waals surface area contributed by atoms with Crippen molar-refractivity contribution in [3.8, 4) is 0 Å². The zero-order valence-electron chi connectivity index (χ0n) is 12.9. The second-order valence-electron chi connectivity index (χ2n) is 6.35. The number of rotatable bonds is 4. The molecule has 1 heterocycles. The number of hydrogen-bond donors (Lipinski definition) is 1. The Morgan fingerprint density at radius 2 is 1.95 bits per heavy atom. The summed E-state index contributed by atoms with van der Waals surface area (Å²) in [6, 6.07) is 0.462. The minimum absolute atomic E-state index is 0.161. The van der Waals surface area contributed by atoms with Crippen molar-refractivity contribution in [1.29, 1.82) is 0 Å². The molecule has 0 aromatic carbocycles. The highest BCUT2D eigenvalue weighted by atomic mass is 16.5. The second-order valence-corrected chi connectivity index (χ2v) is 6.35. The standard InChI is InChI=1S/C16H30N2O/c1-16(2,18-10-12-19-13-11-18)15(17-3)14-8-6-4-5-7-9-14/h8,15,17H,4-7,9-13H2,1-3H3. The van der Waals surface area contributed by atoms with E-state index in [1.807, 2.05) is 0 Å². The van der Waals surface area contributed by atoms with Crippen molar-refractivity contribution in [2.24, 2.45) is 0 Å². The fourth-order valence-corrected chi connectivity index (χ4v) is 3.62. The molecule has 0 radical (unpaired) electrons. The predicted molar refractivity (Wildman–Crippen MR) is 80.5 cm³/mol. The fraction of sp³-hybridized carbons (Fsp3) is 0.875. The average molecular weight is 266 g/mol. The van der Waals surface area contributed by atoms with Gasteiger partial charge < -0.3 is 10.1 Å². The molecule has 2 rings (SSSR count). The van der Waals surface area contributed by atoms with E-state index in [0.717, 1.165) is 26.3 Å². The number of nitrogens with zero attached hydrogens (tertiary/aromatic N) is 1. The Balaban J connectivity index is 2.11. The third kappa shape index (κ3) is 3.59. The van der Waals surface area contributed by atoms with Crippen LogP contribution in [-0.2, 0) is 4.74 Å². The zero-order chi connectivity index (χ0) is 13.7. The molecule has 19 heavy (non-hydrogen) atoms. The normalized spacial score (nSPS) is 24.7. The Hall–Kier alpha value is -0.380. The third-order valence-electron chi connectivity index (χ3n) is 4.77. The molecule has 1 atom stereocenters. The van der Waals surface area contributed by atoms with Gasteiger partial charge in [0.05, 0.1) is 13.2 Å². The zero-order valence-corrected chi connectivity index (χ0v) is 12.9. The Kier molecular flexibility index (Phi) is 5.43. The van der Waals surface area contributed by atoms with Crippen LogP contribution in [0.15, 0.2) is 11.6 Å². The first-order valence-electron chi connectivity index (χ1n) is 7.85. The Labute approximate surface area is 118 Å². The first-order valence-corrected chi connectivity index (χ1v) is 7.85. The molecule has 0 aromatic rings. The number of ether oxygens (including phenoxy) is 1. The van der Waals surface area contributed by atoms with Gasteiger partial charge in [-0.1, -0.05) is 18.1 Å². The summed E-state index contributed by atoms with van der Waals surface area (Å²) < 4.78 is 5.50. The highest BCUT2D eigenvalue weighted by molar-refractivity contribution is 5.19. The Bertz CT molecular complexity index is 306. The summed E-state index contributed by atoms with van der Waals surface area (Å²) in [6.45, 7) is 8.62. The molecule has 110 valence electrons. The lowest BCUT2D eigenvalue weighted by Gasteiger charge is -2.46. The second kappa shape index (κ2) is 6.87. The van der Waals surface area contributed by atoms with E-state index in [-0.39, 0.29) is 5.54 Å². The predicted octanol–water partition coefficient (Wildman–Crippen LogP) is 2.58. The topological polar surface area (TPSA) is 24.5 Å². The van der Waals surface area contributed by atoms with E-state index < -0.39 is 0 Å². The lowest BCUT2D eigenvalue weighted by Crippen LogP contribution is -2.60. The van der Waals surface area contributed by atoms with Gasteiger partial charge in [0.25, 0.3) is 0 Å². The summed E-state index contributed by atoms with van der Waals surface area (Å²) in [5.74, 6) is 0. The van der Waals surface area contributed by atoms with Crippen LogP contribution in [0.5, 0.6) is 0 Å². The highest BCUT2D eigenvalue weighted by Crippen LogP contribution is 2.29. The summed E-state index contributed by atoms with van der Waals surface area (Å²) in [5.41, 5.74) is 1.78. The van der Waals surface area contributed by atoms with E-state index in [9.17, 15) is 0 Å². The van der Waals surface area contributed by atoms with Crippen LogP contribution in [0.25, 0.3) is 0 Å². The van der Waals surface area contributed by atoms with Gasteiger partial charge in [-0.05, 0) is 46.6 Å². The molecule has 0 aromatic heterocycles. The van der Waals surface area contributed by atoms with Crippen LogP contribution in [0.3, 0.4) is 0 Å². The van der Waals surface area contributed by atoms with Gasteiger partial charge in [0.2, 0.25) is 0 Å². The van der Waals surface area contributed by atoms with Crippen molar-refractivity contribution in [1.82, 2.24) is 10.2 Å². The van der Waals surface area contributed by atoms with E-state index in [0.29, 0.717) is 6.04 Å². The largest absolute Gasteiger partial charge is 0.379 e. The molecule has 0 spiro atoms. The lowest BCUT2D eigenvalue weighted by molar-refractivity contribution is -0.0185. The Morgan fingerprint density at radius 1 is 1.21 bits per heavy atom. The maximum atomic E-state index is 5.50. The van der Waals surface area contributed by atoms with Gasteiger partial charge in [0, 0.05) is 24.7 Å². The van der Waals surface area contributed by atoms with Gasteiger partial charge in [-0.15, -0.1) is 0 Å². The first kappa shape index (κ1) is 15.0. The van der Waals surface area contributed by atoms with Crippen molar-refractivity contribution in [3.63, 3.8) is 0 Å². The van der Waals surface area contributed by atoms with Crippen LogP contribution in [-0.4, -0.2) is 49.8 Å². The van der Waals surface area contributed by atoms with Crippen molar-refractivity contribution in [3.05, 3.63) is 11.6 Å². The minimum atomic E-state index is 0.161. The summed E-state index contributed by atoms with van der Waals surface area (Å²) >= 11 is 0. The average Bonchev–Trinajstić information content (AvgIpc) is 2.69. The van der Waals surface area contributed by atoms with E-state index in [2.05, 4.69) is 37.2 Å². The molecule has 0 bridgehead atoms. The van der Waals surface area contributed by atoms with E-state index in [1.165, 1.54) is 32.1 Å². The molecule has 3 nitrogen and oxygen atoms in total. The number of allylic oxidation sites excluding steroid dienone is 1. The highest BCUT2D eigenvalue weighted by Gasteiger charge is 2.37. The van der Waals surface area contributed by atoms with Crippen LogP contribution >= 0.6 is 0 Å². The van der Waals surface area contributed by atoms with Gasteiger partial charge >= 0.3 is 0 Å². The summed E-state index contributed by atoms with van der Waals surface area (Å²) in [7, 11) is 2.11. The maximum Gasteiger partial charge on any atom is 0.0594 e. The van der Waals surface area contributed by atoms with Gasteiger partial charge in [0.1, 0.15) is 0 Å². The monoisotopic (exact) mass is 266 g/mol. The van der Waals surface area contributed by atoms with Crippen molar-refractivity contribution in [2.45, 2.75) is 57.5 Å². The van der Waals surface area contributed by atoms with Crippen LogP contribution < -0.4 is 5.32 Å². The molecule has 0 saturated carbocycles. The van der Waals surface area contributed by atoms with Crippen LogP contribution in [0.4, 0.5) is 0 Å². The summed E-state index contributed by atoms with van der Waals surface area (Å²) in [6.07, 6.45) is 9.11. The number of hydrogen-bond acceptors (Lipinski definition) is 3. The van der Waals surface area contributed by atoms with Crippen LogP contribution in [0.2, 0.25) is 0 Å². The molecule has 1 aliphatic heterocycles. The van der Waals surface area contributed by atoms with Crippen molar-refractivity contribution in [2.75, 3.05) is 33.4 Å². The van der Waals surface area contributed by atoms with Crippen molar-refractivity contribution < 1.29 is 4.74 Å². The molecule has 0 amide bonds. The first-order chi connectivity index (χ1) is 9.16. The van der Waals surface area contributed by atoms with Crippen LogP contribution in [0.1, 0.15) is 46.0 Å². The maximum absolute atomic E-state index is 5.50. The molecule has 2 aliphatic rings. The molecule has 1 unspecified atom stereocenters. The van der Waals surface area contributed by atoms with Crippen LogP contribution in [0, 0.1) is 0 Å². The molecular weight excluding hydrogens is 236 g/mol. The quantitative estimate of drug-likeness (QED) is 0.792. The smallest absolute Gasteiger partial charge is 0.0594 e. The van der Waals surface area contributed by atoms with Gasteiger partial charge in [0.15, 0.2) is 0 Å². The molecule has 1 fully saturated rings. The summed E-state index contributed by atoms with van der Waals surface area (Å²) in [5, 5.41) is 3.59. The fourth-order valence-electron chi connectivity index (χ4n) is 3.62. The molecule has 3 heteroatoms. The van der Waals surface area contributed by atoms with Gasteiger partial charge in [-0.25, -0.2) is 0 Å². The number of nitrogens with one attached hydrogen (secondary N) is 1. The van der Waals surface area contributed by atoms with E-state index in [1.54, 1.807) is 5.57 Å². The van der Waals surface area contributed by atoms with E-state index in [4.69, 9.17) is 4.74 Å². The minimum Gasteiger partial charge on any atom is -0.379 e. The molecule has 1 N–H and O–H groups in total. The van der Waals surface area contributed by atoms with Gasteiger partial charge in [-0.2, -0.15) is 0 Å². The number of morpholine rings is 1. The molecule has 1 aliphatic carbocycles. The molecule has 1 saturated heterocycles. The van der Waals surface area contributed by atoms with Gasteiger partial charge in [-0.3, -0.25) is 4.90 Å². The number of likely N-dealkylation sites (N-methyl/N-ethyl adjacent to an activating group) is 1. The third-order valence-corrected chi connectivity index (χ3v) is 4.77. The molecular formula is C16H30N2O. The lowest BCUT2D eigenvalue weighted by atomic mass is 9.84. The van der Waals surface area contributed by atoms with E-state index >= 15 is 0 Å². The summed E-state index contributed by atoms with van der Waals surface area (Å²) in [4.78, 5) is 2.59. The SMILES string of the molecule is CNC(C1=CCCCCC1)C(C)(C)N1CCOCC1. The Morgan fingerprint density at radius 3 is 2.63 bits per heavy atom.